The van der Waals surface area contributed by atoms with Crippen molar-refractivity contribution in [1.29, 1.82) is 0 Å². The van der Waals surface area contributed by atoms with Gasteiger partial charge in [-0.3, -0.25) is 0 Å². The van der Waals surface area contributed by atoms with Gasteiger partial charge in [-0.05, 0) is 55.2 Å². The number of aryl methyl sites for hydroxylation is 2. The Morgan fingerprint density at radius 3 is 1.91 bits per heavy atom. The maximum Gasteiger partial charge on any atom is 0.339 e. The first-order chi connectivity index (χ1) is 10.6. The van der Waals surface area contributed by atoms with Crippen molar-refractivity contribution in [3.63, 3.8) is 0 Å². The van der Waals surface area contributed by atoms with Crippen LogP contribution in [0, 0.1) is 0 Å². The van der Waals surface area contributed by atoms with Crippen LogP contribution in [0.3, 0.4) is 0 Å². The molecule has 3 heteroatoms. The Morgan fingerprint density at radius 1 is 0.909 bits per heavy atom. The fourth-order valence-corrected chi connectivity index (χ4v) is 2.85. The highest BCUT2D eigenvalue weighted by molar-refractivity contribution is 5.93. The Morgan fingerprint density at radius 2 is 1.41 bits per heavy atom. The average Bonchev–Trinajstić information content (AvgIpc) is 2.49. The lowest BCUT2D eigenvalue weighted by Gasteiger charge is -2.17. The van der Waals surface area contributed by atoms with E-state index < -0.39 is 5.97 Å². The summed E-state index contributed by atoms with van der Waals surface area (Å²) in [7, 11) is 0. The summed E-state index contributed by atoms with van der Waals surface area (Å²) in [5.41, 5.74) is 2.91. The number of aromatic hydroxyl groups is 1. The SMILES string of the molecule is CCCCc1cc(CCCC)c(CCCC)c(C(=O)O)c1O. The van der Waals surface area contributed by atoms with Crippen LogP contribution in [-0.4, -0.2) is 16.2 Å². The predicted molar refractivity (Wildman–Crippen MR) is 90.9 cm³/mol. The summed E-state index contributed by atoms with van der Waals surface area (Å²) < 4.78 is 0. The van der Waals surface area contributed by atoms with Crippen molar-refractivity contribution in [2.75, 3.05) is 0 Å². The molecule has 0 fully saturated rings. The van der Waals surface area contributed by atoms with E-state index in [4.69, 9.17) is 0 Å². The number of phenols is 1. The van der Waals surface area contributed by atoms with E-state index in [2.05, 4.69) is 26.8 Å². The molecule has 0 heterocycles. The molecule has 0 amide bonds. The van der Waals surface area contributed by atoms with E-state index in [1.54, 1.807) is 0 Å². The van der Waals surface area contributed by atoms with Crippen molar-refractivity contribution in [3.8, 4) is 5.75 Å². The molecule has 0 aliphatic heterocycles. The third kappa shape index (κ3) is 4.75. The van der Waals surface area contributed by atoms with Gasteiger partial charge in [0.2, 0.25) is 0 Å². The van der Waals surface area contributed by atoms with Gasteiger partial charge >= 0.3 is 5.97 Å². The highest BCUT2D eigenvalue weighted by Gasteiger charge is 2.21. The minimum atomic E-state index is -1.00. The fraction of sp³-hybridized carbons (Fsp3) is 0.632. The molecular formula is C19H30O3. The second-order valence-electron chi connectivity index (χ2n) is 6.01. The van der Waals surface area contributed by atoms with Crippen LogP contribution in [0.4, 0.5) is 0 Å². The molecule has 1 aromatic rings. The van der Waals surface area contributed by atoms with Crippen LogP contribution in [0.15, 0.2) is 6.07 Å². The maximum atomic E-state index is 11.7. The largest absolute Gasteiger partial charge is 0.507 e. The summed E-state index contributed by atoms with van der Waals surface area (Å²) in [6, 6.07) is 2.05. The Hall–Kier alpha value is -1.51. The van der Waals surface area contributed by atoms with Gasteiger partial charge in [-0.1, -0.05) is 46.1 Å². The van der Waals surface area contributed by atoms with Crippen LogP contribution in [0.25, 0.3) is 0 Å². The van der Waals surface area contributed by atoms with Gasteiger partial charge in [0.25, 0.3) is 0 Å². The van der Waals surface area contributed by atoms with Gasteiger partial charge in [0.1, 0.15) is 11.3 Å². The topological polar surface area (TPSA) is 57.5 Å². The molecule has 0 bridgehead atoms. The number of carboxylic acid groups (broad SMARTS) is 1. The minimum Gasteiger partial charge on any atom is -0.507 e. The van der Waals surface area contributed by atoms with Gasteiger partial charge in [-0.25, -0.2) is 4.79 Å². The van der Waals surface area contributed by atoms with Crippen LogP contribution in [-0.2, 0) is 19.3 Å². The van der Waals surface area contributed by atoms with Crippen LogP contribution in [0.5, 0.6) is 5.75 Å². The van der Waals surface area contributed by atoms with Crippen molar-refractivity contribution in [3.05, 3.63) is 28.3 Å². The lowest BCUT2D eigenvalue weighted by atomic mass is 9.89. The summed E-state index contributed by atoms with van der Waals surface area (Å²) >= 11 is 0. The molecule has 1 aromatic carbocycles. The quantitative estimate of drug-likeness (QED) is 0.631. The first-order valence-electron chi connectivity index (χ1n) is 8.66. The van der Waals surface area contributed by atoms with Crippen molar-refractivity contribution < 1.29 is 15.0 Å². The van der Waals surface area contributed by atoms with E-state index in [0.717, 1.165) is 74.5 Å². The van der Waals surface area contributed by atoms with Crippen molar-refractivity contribution in [2.24, 2.45) is 0 Å². The Bertz CT molecular complexity index is 492. The second kappa shape index (κ2) is 9.50. The zero-order valence-corrected chi connectivity index (χ0v) is 14.2. The summed E-state index contributed by atoms with van der Waals surface area (Å²) in [4.78, 5) is 11.7. The Kier molecular flexibility index (Phi) is 8.00. The third-order valence-electron chi connectivity index (χ3n) is 4.17. The molecule has 124 valence electrons. The monoisotopic (exact) mass is 306 g/mol. The molecule has 0 aliphatic rings. The average molecular weight is 306 g/mol. The highest BCUT2D eigenvalue weighted by Crippen LogP contribution is 2.32. The van der Waals surface area contributed by atoms with Crippen molar-refractivity contribution in [1.82, 2.24) is 0 Å². The number of carboxylic acids is 1. The number of hydrogen-bond acceptors (Lipinski definition) is 2. The lowest BCUT2D eigenvalue weighted by molar-refractivity contribution is 0.0692. The fourth-order valence-electron chi connectivity index (χ4n) is 2.85. The van der Waals surface area contributed by atoms with Gasteiger partial charge < -0.3 is 10.2 Å². The van der Waals surface area contributed by atoms with Gasteiger partial charge in [0.15, 0.2) is 0 Å². The molecule has 0 saturated heterocycles. The van der Waals surface area contributed by atoms with E-state index in [-0.39, 0.29) is 11.3 Å². The second-order valence-corrected chi connectivity index (χ2v) is 6.01. The van der Waals surface area contributed by atoms with Crippen molar-refractivity contribution >= 4 is 5.97 Å². The van der Waals surface area contributed by atoms with Gasteiger partial charge in [0, 0.05) is 0 Å². The number of carbonyl (C=O) groups is 1. The molecule has 0 aromatic heterocycles. The Balaban J connectivity index is 3.34. The molecule has 0 atom stereocenters. The molecule has 0 aliphatic carbocycles. The molecule has 3 nitrogen and oxygen atoms in total. The highest BCUT2D eigenvalue weighted by atomic mass is 16.4. The van der Waals surface area contributed by atoms with Gasteiger partial charge in [-0.15, -0.1) is 0 Å². The number of hydrogen-bond donors (Lipinski definition) is 2. The lowest BCUT2D eigenvalue weighted by Crippen LogP contribution is -2.09. The predicted octanol–water partition coefficient (Wildman–Crippen LogP) is 5.12. The molecule has 0 radical (unpaired) electrons. The molecule has 0 saturated carbocycles. The van der Waals surface area contributed by atoms with Crippen LogP contribution >= 0.6 is 0 Å². The van der Waals surface area contributed by atoms with E-state index in [1.807, 2.05) is 0 Å². The minimum absolute atomic E-state index is 0.00713. The number of rotatable bonds is 10. The van der Waals surface area contributed by atoms with Crippen LogP contribution in [0.2, 0.25) is 0 Å². The zero-order valence-electron chi connectivity index (χ0n) is 14.2. The maximum absolute atomic E-state index is 11.7. The molecule has 1 rings (SSSR count). The van der Waals surface area contributed by atoms with E-state index in [1.165, 1.54) is 0 Å². The molecule has 0 unspecified atom stereocenters. The molecule has 0 spiro atoms. The number of aromatic carboxylic acids is 1. The molecular weight excluding hydrogens is 276 g/mol. The number of unbranched alkanes of at least 4 members (excludes halogenated alkanes) is 3. The van der Waals surface area contributed by atoms with E-state index in [0.29, 0.717) is 0 Å². The van der Waals surface area contributed by atoms with Gasteiger partial charge in [-0.2, -0.15) is 0 Å². The smallest absolute Gasteiger partial charge is 0.339 e. The third-order valence-corrected chi connectivity index (χ3v) is 4.17. The van der Waals surface area contributed by atoms with E-state index >= 15 is 0 Å². The summed E-state index contributed by atoms with van der Waals surface area (Å²) in [5.74, 6) is -1.01. The first-order valence-corrected chi connectivity index (χ1v) is 8.66. The zero-order chi connectivity index (χ0) is 16.5. The van der Waals surface area contributed by atoms with Crippen molar-refractivity contribution in [2.45, 2.75) is 78.6 Å². The van der Waals surface area contributed by atoms with E-state index in [9.17, 15) is 15.0 Å². The van der Waals surface area contributed by atoms with Gasteiger partial charge in [0.05, 0.1) is 0 Å². The molecule has 2 N–H and O–H groups in total. The number of benzene rings is 1. The Labute approximate surface area is 134 Å². The van der Waals surface area contributed by atoms with Crippen LogP contribution < -0.4 is 0 Å². The summed E-state index contributed by atoms with van der Waals surface area (Å²) in [5, 5.41) is 20.0. The normalized spacial score (nSPS) is 10.9. The summed E-state index contributed by atoms with van der Waals surface area (Å²) in [6.07, 6.45) is 8.48. The standard InChI is InChI=1S/C19H30O3/c1-4-7-10-14-13-15(11-8-5-2)18(20)17(19(21)22)16(14)12-9-6-3/h13,20H,4-12H2,1-3H3,(H,21,22). The van der Waals surface area contributed by atoms with Crippen LogP contribution in [0.1, 0.15) is 86.3 Å². The molecule has 22 heavy (non-hydrogen) atoms. The summed E-state index contributed by atoms with van der Waals surface area (Å²) in [6.45, 7) is 6.34. The first kappa shape index (κ1) is 18.5.